The van der Waals surface area contributed by atoms with E-state index in [9.17, 15) is 14.9 Å². The Bertz CT molecular complexity index is 574. The molecule has 1 aromatic carbocycles. The van der Waals surface area contributed by atoms with Crippen molar-refractivity contribution in [3.63, 3.8) is 0 Å². The third-order valence-electron chi connectivity index (χ3n) is 5.68. The van der Waals surface area contributed by atoms with Crippen LogP contribution in [0.25, 0.3) is 0 Å². The molecule has 0 N–H and O–H groups in total. The fraction of sp³-hybridized carbons (Fsp3) is 0.562. The van der Waals surface area contributed by atoms with Crippen molar-refractivity contribution in [2.45, 2.75) is 37.5 Å². The summed E-state index contributed by atoms with van der Waals surface area (Å²) in [6.07, 6.45) is 5.21. The second-order valence-corrected chi connectivity index (χ2v) is 6.83. The van der Waals surface area contributed by atoms with Crippen molar-refractivity contribution in [1.82, 2.24) is 0 Å². The molecule has 5 rings (SSSR count). The topological polar surface area (TPSA) is 60.2 Å². The van der Waals surface area contributed by atoms with Gasteiger partial charge in [-0.3, -0.25) is 14.9 Å². The molecule has 4 aliphatic rings. The van der Waals surface area contributed by atoms with E-state index >= 15 is 0 Å². The molecule has 4 atom stereocenters. The van der Waals surface area contributed by atoms with Crippen LogP contribution in [0.5, 0.6) is 0 Å². The number of ketones is 1. The minimum Gasteiger partial charge on any atom is -0.299 e. The molecule has 4 bridgehead atoms. The highest BCUT2D eigenvalue weighted by Gasteiger charge is 2.55. The maximum atomic E-state index is 12.2. The first kappa shape index (κ1) is 12.1. The molecule has 1 aromatic rings. The second kappa shape index (κ2) is 3.90. The first-order chi connectivity index (χ1) is 9.57. The molecule has 0 aromatic heterocycles. The predicted octanol–water partition coefficient (Wildman–Crippen LogP) is 3.24. The lowest BCUT2D eigenvalue weighted by molar-refractivity contribution is -0.384. The average Bonchev–Trinajstić information content (AvgIpc) is 2.44. The normalized spacial score (nSPS) is 38.2. The Kier molecular flexibility index (Phi) is 2.35. The van der Waals surface area contributed by atoms with Crippen LogP contribution in [0, 0.1) is 27.9 Å². The van der Waals surface area contributed by atoms with Gasteiger partial charge in [0, 0.05) is 24.0 Å². The predicted molar refractivity (Wildman–Crippen MR) is 73.3 cm³/mol. The molecular formula is C16H17NO3. The number of hydrogen-bond donors (Lipinski definition) is 0. The van der Waals surface area contributed by atoms with Gasteiger partial charge >= 0.3 is 0 Å². The molecule has 4 saturated carbocycles. The molecule has 0 amide bonds. The van der Waals surface area contributed by atoms with Crippen LogP contribution in [-0.4, -0.2) is 10.7 Å². The number of carbonyl (C=O) groups is 1. The van der Waals surface area contributed by atoms with Crippen molar-refractivity contribution < 1.29 is 9.72 Å². The van der Waals surface area contributed by atoms with Crippen LogP contribution in [0.2, 0.25) is 0 Å². The van der Waals surface area contributed by atoms with E-state index in [0.29, 0.717) is 11.7 Å². The van der Waals surface area contributed by atoms with Gasteiger partial charge < -0.3 is 0 Å². The van der Waals surface area contributed by atoms with Gasteiger partial charge in [0.25, 0.3) is 5.69 Å². The van der Waals surface area contributed by atoms with Gasteiger partial charge in [-0.1, -0.05) is 12.1 Å². The van der Waals surface area contributed by atoms with E-state index in [1.54, 1.807) is 12.1 Å². The molecule has 4 fully saturated rings. The van der Waals surface area contributed by atoms with Gasteiger partial charge in [-0.15, -0.1) is 0 Å². The van der Waals surface area contributed by atoms with Crippen LogP contribution in [-0.2, 0) is 10.2 Å². The summed E-state index contributed by atoms with van der Waals surface area (Å²) in [5.74, 6) is 1.66. The molecule has 0 saturated heterocycles. The van der Waals surface area contributed by atoms with Crippen LogP contribution < -0.4 is 0 Å². The summed E-state index contributed by atoms with van der Waals surface area (Å²) in [5.41, 5.74) is 1.46. The van der Waals surface area contributed by atoms with Crippen molar-refractivity contribution in [3.8, 4) is 0 Å². The Labute approximate surface area is 117 Å². The Hall–Kier alpha value is -1.71. The maximum Gasteiger partial charge on any atom is 0.269 e. The zero-order valence-electron chi connectivity index (χ0n) is 11.2. The largest absolute Gasteiger partial charge is 0.299 e. The van der Waals surface area contributed by atoms with Crippen molar-refractivity contribution in [2.75, 3.05) is 0 Å². The summed E-state index contributed by atoms with van der Waals surface area (Å²) in [6, 6.07) is 7.04. The average molecular weight is 271 g/mol. The van der Waals surface area contributed by atoms with Gasteiger partial charge in [-0.2, -0.15) is 0 Å². The van der Waals surface area contributed by atoms with E-state index in [1.807, 2.05) is 12.1 Å². The van der Waals surface area contributed by atoms with Crippen molar-refractivity contribution >= 4 is 11.5 Å². The standard InChI is InChI=1S/C16H17NO3/c18-15-11-5-10-6-12(15)9-16(7-10,8-11)13-1-3-14(4-2-13)17(19)20/h1-4,10-12H,5-9H2/t10?,11-,12+,16?. The first-order valence-electron chi connectivity index (χ1n) is 7.36. The van der Waals surface area contributed by atoms with Gasteiger partial charge in [0.15, 0.2) is 0 Å². The Balaban J connectivity index is 1.71. The molecule has 4 aliphatic carbocycles. The molecular weight excluding hydrogens is 254 g/mol. The van der Waals surface area contributed by atoms with Gasteiger partial charge in [0.2, 0.25) is 0 Å². The number of nitro benzene ring substituents is 1. The van der Waals surface area contributed by atoms with Crippen molar-refractivity contribution in [1.29, 1.82) is 0 Å². The molecule has 0 aliphatic heterocycles. The smallest absolute Gasteiger partial charge is 0.269 e. The third kappa shape index (κ3) is 1.57. The van der Waals surface area contributed by atoms with Gasteiger partial charge in [-0.05, 0) is 49.0 Å². The quantitative estimate of drug-likeness (QED) is 0.612. The third-order valence-corrected chi connectivity index (χ3v) is 5.68. The Morgan fingerprint density at radius 2 is 1.65 bits per heavy atom. The van der Waals surface area contributed by atoms with E-state index in [4.69, 9.17) is 0 Å². The monoisotopic (exact) mass is 271 g/mol. The first-order valence-corrected chi connectivity index (χ1v) is 7.36. The Morgan fingerprint density at radius 1 is 1.05 bits per heavy atom. The summed E-state index contributed by atoms with van der Waals surface area (Å²) in [4.78, 5) is 22.6. The van der Waals surface area contributed by atoms with Gasteiger partial charge in [-0.25, -0.2) is 0 Å². The summed E-state index contributed by atoms with van der Waals surface area (Å²) < 4.78 is 0. The number of carbonyl (C=O) groups excluding carboxylic acids is 1. The number of nitro groups is 1. The molecule has 104 valence electrons. The van der Waals surface area contributed by atoms with Crippen LogP contribution in [0.15, 0.2) is 24.3 Å². The minimum absolute atomic E-state index is 0.111. The molecule has 2 unspecified atom stereocenters. The van der Waals surface area contributed by atoms with E-state index in [-0.39, 0.29) is 27.9 Å². The summed E-state index contributed by atoms with van der Waals surface area (Å²) in [6.45, 7) is 0. The molecule has 0 spiro atoms. The zero-order chi connectivity index (χ0) is 13.9. The van der Waals surface area contributed by atoms with Crippen LogP contribution in [0.1, 0.15) is 37.7 Å². The number of benzene rings is 1. The van der Waals surface area contributed by atoms with Gasteiger partial charge in [0.1, 0.15) is 5.78 Å². The summed E-state index contributed by atoms with van der Waals surface area (Å²) in [7, 11) is 0. The van der Waals surface area contributed by atoms with E-state index < -0.39 is 0 Å². The Morgan fingerprint density at radius 3 is 2.20 bits per heavy atom. The lowest BCUT2D eigenvalue weighted by Gasteiger charge is -2.56. The molecule has 4 nitrogen and oxygen atoms in total. The van der Waals surface area contributed by atoms with Crippen LogP contribution in [0.4, 0.5) is 5.69 Å². The number of Topliss-reactive ketones (excluding diaryl/α,β-unsaturated/α-hetero) is 1. The molecule has 0 heterocycles. The summed E-state index contributed by atoms with van der Waals surface area (Å²) >= 11 is 0. The van der Waals surface area contributed by atoms with Crippen LogP contribution >= 0.6 is 0 Å². The zero-order valence-corrected chi connectivity index (χ0v) is 11.2. The fourth-order valence-electron chi connectivity index (χ4n) is 5.04. The lowest BCUT2D eigenvalue weighted by Crippen LogP contribution is -2.53. The highest BCUT2D eigenvalue weighted by atomic mass is 16.6. The highest BCUT2D eigenvalue weighted by molar-refractivity contribution is 5.86. The number of nitrogens with zero attached hydrogens (tertiary/aromatic N) is 1. The lowest BCUT2D eigenvalue weighted by atomic mass is 9.47. The fourth-order valence-corrected chi connectivity index (χ4v) is 5.04. The molecule has 0 radical (unpaired) electrons. The second-order valence-electron chi connectivity index (χ2n) is 6.83. The summed E-state index contributed by atoms with van der Waals surface area (Å²) in [5, 5.41) is 10.8. The number of hydrogen-bond acceptors (Lipinski definition) is 3. The van der Waals surface area contributed by atoms with Crippen LogP contribution in [0.3, 0.4) is 0 Å². The van der Waals surface area contributed by atoms with E-state index in [2.05, 4.69) is 0 Å². The molecule has 4 heteroatoms. The number of rotatable bonds is 2. The molecule has 20 heavy (non-hydrogen) atoms. The van der Waals surface area contributed by atoms with Crippen molar-refractivity contribution in [2.24, 2.45) is 17.8 Å². The minimum atomic E-state index is -0.354. The highest BCUT2D eigenvalue weighted by Crippen LogP contribution is 2.59. The SMILES string of the molecule is O=C1[C@@H]2CC3C[C@H]1CC(c1ccc([N+](=O)[O-])cc1)(C3)C2. The maximum absolute atomic E-state index is 12.2. The van der Waals surface area contributed by atoms with Crippen molar-refractivity contribution in [3.05, 3.63) is 39.9 Å². The van der Waals surface area contributed by atoms with E-state index in [0.717, 1.165) is 32.1 Å². The number of non-ortho nitro benzene ring substituents is 1. The van der Waals surface area contributed by atoms with Gasteiger partial charge in [0.05, 0.1) is 4.92 Å². The van der Waals surface area contributed by atoms with E-state index in [1.165, 1.54) is 5.56 Å².